The van der Waals surface area contributed by atoms with Gasteiger partial charge in [-0.05, 0) is 32.1 Å². The van der Waals surface area contributed by atoms with Gasteiger partial charge in [-0.1, -0.05) is 70.4 Å². The highest BCUT2D eigenvalue weighted by Crippen LogP contribution is 2.18. The van der Waals surface area contributed by atoms with Crippen molar-refractivity contribution in [3.8, 4) is 0 Å². The summed E-state index contributed by atoms with van der Waals surface area (Å²) in [7, 11) is 0. The van der Waals surface area contributed by atoms with E-state index in [1.165, 1.54) is 57.8 Å². The van der Waals surface area contributed by atoms with E-state index in [1.807, 2.05) is 0 Å². The molecule has 0 saturated carbocycles. The van der Waals surface area contributed by atoms with Gasteiger partial charge in [-0.2, -0.15) is 0 Å². The first-order chi connectivity index (χ1) is 20.1. The van der Waals surface area contributed by atoms with Crippen molar-refractivity contribution in [2.45, 2.75) is 146 Å². The van der Waals surface area contributed by atoms with Crippen LogP contribution in [0.15, 0.2) is 12.2 Å². The second kappa shape index (κ2) is 26.2. The molecule has 1 fully saturated rings. The number of rotatable bonds is 23. The lowest BCUT2D eigenvalue weighted by Crippen LogP contribution is -2.46. The van der Waals surface area contributed by atoms with Crippen LogP contribution in [0.1, 0.15) is 96.8 Å². The van der Waals surface area contributed by atoms with E-state index < -0.39 is 62.0 Å². The summed E-state index contributed by atoms with van der Waals surface area (Å²) in [6.07, 6.45) is 10.1. The fourth-order valence-electron chi connectivity index (χ4n) is 4.32. The topological polar surface area (TPSA) is 218 Å². The van der Waals surface area contributed by atoms with Gasteiger partial charge < -0.3 is 55.4 Å². The fourth-order valence-corrected chi connectivity index (χ4v) is 4.32. The predicted octanol–water partition coefficient (Wildman–Crippen LogP) is 0.463. The fraction of sp³-hybridized carbons (Fsp3) is 0.900. The van der Waals surface area contributed by atoms with E-state index in [9.17, 15) is 20.1 Å². The number of hydrogen-bond acceptors (Lipinski definition) is 12. The van der Waals surface area contributed by atoms with Crippen molar-refractivity contribution in [1.29, 1.82) is 0 Å². The van der Waals surface area contributed by atoms with Crippen LogP contribution in [0, 0.1) is 0 Å². The lowest BCUT2D eigenvalue weighted by molar-refractivity contribution is -0.151. The molecule has 1 aliphatic rings. The zero-order valence-electron chi connectivity index (χ0n) is 25.3. The molecule has 0 aromatic carbocycles. The number of hydrogen-bond donors (Lipinski definition) is 9. The van der Waals surface area contributed by atoms with Crippen molar-refractivity contribution in [3.63, 3.8) is 0 Å². The Balaban J connectivity index is 0.00000118. The number of unbranched alkanes of at least 4 members (excludes halogenated alkanes) is 11. The van der Waals surface area contributed by atoms with Gasteiger partial charge in [-0.3, -0.25) is 4.79 Å². The van der Waals surface area contributed by atoms with Gasteiger partial charge in [0, 0.05) is 6.42 Å². The maximum Gasteiger partial charge on any atom is 0.305 e. The Hall–Kier alpha value is -1.19. The zero-order chi connectivity index (χ0) is 31.8. The molecule has 9 N–H and O–H groups in total. The summed E-state index contributed by atoms with van der Waals surface area (Å²) in [4.78, 5) is 11.7. The Bertz CT molecular complexity index is 650. The molecule has 0 aromatic rings. The molecule has 0 aliphatic carbocycles. The summed E-state index contributed by atoms with van der Waals surface area (Å²) in [6, 6.07) is 0. The van der Waals surface area contributed by atoms with E-state index in [4.69, 9.17) is 40.1 Å². The maximum atomic E-state index is 11.7. The van der Waals surface area contributed by atoms with Crippen molar-refractivity contribution in [2.24, 2.45) is 0 Å². The Morgan fingerprint density at radius 3 is 1.71 bits per heavy atom. The Labute approximate surface area is 250 Å². The first-order valence-electron chi connectivity index (χ1n) is 15.5. The number of aliphatic hydroxyl groups is 9. The zero-order valence-corrected chi connectivity index (χ0v) is 25.3. The van der Waals surface area contributed by atoms with Gasteiger partial charge in [0.15, 0.2) is 0 Å². The van der Waals surface area contributed by atoms with Crippen LogP contribution in [-0.4, -0.2) is 127 Å². The first kappa shape index (κ1) is 40.8. The normalized spacial score (nSPS) is 22.3. The van der Waals surface area contributed by atoms with Crippen LogP contribution in [0.5, 0.6) is 0 Å². The molecule has 250 valence electrons. The summed E-state index contributed by atoms with van der Waals surface area (Å²) in [5.74, 6) is -0.347. The second-order valence-electron chi connectivity index (χ2n) is 10.9. The average Bonchev–Trinajstić information content (AvgIpc) is 3.33. The first-order valence-corrected chi connectivity index (χ1v) is 15.5. The van der Waals surface area contributed by atoms with E-state index in [1.54, 1.807) is 0 Å². The van der Waals surface area contributed by atoms with Gasteiger partial charge in [0.05, 0.1) is 19.8 Å². The number of carbonyl (C=O) groups is 1. The van der Waals surface area contributed by atoms with Crippen molar-refractivity contribution >= 4 is 5.97 Å². The Morgan fingerprint density at radius 2 is 1.26 bits per heavy atom. The maximum absolute atomic E-state index is 11.7. The van der Waals surface area contributed by atoms with Gasteiger partial charge >= 0.3 is 5.97 Å². The van der Waals surface area contributed by atoms with Crippen LogP contribution in [0.4, 0.5) is 0 Å². The van der Waals surface area contributed by atoms with Gasteiger partial charge in [0.1, 0.15) is 55.4 Å². The Morgan fingerprint density at radius 1 is 0.786 bits per heavy atom. The third-order valence-electron chi connectivity index (χ3n) is 7.14. The second-order valence-corrected chi connectivity index (χ2v) is 10.9. The molecule has 1 aliphatic heterocycles. The Kier molecular flexibility index (Phi) is 25.5. The van der Waals surface area contributed by atoms with Crippen molar-refractivity contribution in [1.82, 2.24) is 0 Å². The van der Waals surface area contributed by atoms with E-state index in [0.29, 0.717) is 6.42 Å². The van der Waals surface area contributed by atoms with Crippen LogP contribution >= 0.6 is 0 Å². The monoisotopic (exact) mass is 610 g/mol. The molecular weight excluding hydrogens is 552 g/mol. The van der Waals surface area contributed by atoms with E-state index in [0.717, 1.165) is 25.7 Å². The minimum absolute atomic E-state index is 0.0221. The van der Waals surface area contributed by atoms with Crippen molar-refractivity contribution < 1.29 is 60.2 Å². The quantitative estimate of drug-likeness (QED) is 0.0438. The molecule has 1 saturated heterocycles. The van der Waals surface area contributed by atoms with Crippen LogP contribution in [0.3, 0.4) is 0 Å². The molecule has 0 unspecified atom stereocenters. The van der Waals surface area contributed by atoms with Gasteiger partial charge in [-0.25, -0.2) is 0 Å². The smallest absolute Gasteiger partial charge is 0.305 e. The van der Waals surface area contributed by atoms with E-state index in [-0.39, 0.29) is 19.2 Å². The molecule has 0 radical (unpaired) electrons. The molecule has 1 rings (SSSR count). The number of carbonyl (C=O) groups excluding carboxylic acids is 1. The highest BCUT2D eigenvalue weighted by atomic mass is 16.6. The van der Waals surface area contributed by atoms with Crippen LogP contribution in [0.2, 0.25) is 0 Å². The molecule has 0 amide bonds. The summed E-state index contributed by atoms with van der Waals surface area (Å²) >= 11 is 0. The van der Waals surface area contributed by atoms with Gasteiger partial charge in [-0.15, -0.1) is 0 Å². The van der Waals surface area contributed by atoms with Gasteiger partial charge in [0.25, 0.3) is 0 Å². The number of ether oxygens (including phenoxy) is 2. The highest BCUT2D eigenvalue weighted by molar-refractivity contribution is 5.69. The third-order valence-corrected chi connectivity index (χ3v) is 7.14. The highest BCUT2D eigenvalue weighted by Gasteiger charge is 2.39. The molecule has 12 nitrogen and oxygen atoms in total. The molecule has 0 spiro atoms. The standard InChI is InChI=1S/C24H44O6.C6H14O6/c1-2-3-4-5-6-7-8-9-10-11-12-13-14-15-16-17-22(27)29-19-21(26)24-23(28)20(25)18-30-24;7-1-3(9)5(11)6(12)4(10)2-8/h9-10,20-21,23-26,28H,2-8,11-19H2,1H3;3-12H,1-2H2/b10-9-;/t20-,21+,23+,24+;3-,4+,5-,6-/m01/s1. The van der Waals surface area contributed by atoms with Gasteiger partial charge in [0.2, 0.25) is 0 Å². The number of aliphatic hydroxyl groups excluding tert-OH is 9. The number of esters is 1. The van der Waals surface area contributed by atoms with Crippen LogP contribution in [0.25, 0.3) is 0 Å². The van der Waals surface area contributed by atoms with E-state index >= 15 is 0 Å². The van der Waals surface area contributed by atoms with Crippen LogP contribution in [-0.2, 0) is 14.3 Å². The predicted molar refractivity (Wildman–Crippen MR) is 156 cm³/mol. The molecule has 0 aromatic heterocycles. The minimum Gasteiger partial charge on any atom is -0.463 e. The average molecular weight is 611 g/mol. The number of allylic oxidation sites excluding steroid dienone is 2. The van der Waals surface area contributed by atoms with Crippen LogP contribution < -0.4 is 0 Å². The van der Waals surface area contributed by atoms with Crippen molar-refractivity contribution in [3.05, 3.63) is 12.2 Å². The summed E-state index contributed by atoms with van der Waals surface area (Å²) in [5, 5.41) is 81.2. The largest absolute Gasteiger partial charge is 0.463 e. The lowest BCUT2D eigenvalue weighted by atomic mass is 10.0. The summed E-state index contributed by atoms with van der Waals surface area (Å²) in [5.41, 5.74) is 0. The lowest BCUT2D eigenvalue weighted by Gasteiger charge is -2.24. The molecular formula is C30H58O12. The summed E-state index contributed by atoms with van der Waals surface area (Å²) < 4.78 is 10.2. The van der Waals surface area contributed by atoms with E-state index in [2.05, 4.69) is 19.1 Å². The third kappa shape index (κ3) is 19.2. The molecule has 42 heavy (non-hydrogen) atoms. The van der Waals surface area contributed by atoms with Crippen molar-refractivity contribution in [2.75, 3.05) is 26.4 Å². The molecule has 1 heterocycles. The minimum atomic E-state index is -1.67. The molecule has 8 atom stereocenters. The molecule has 0 bridgehead atoms. The summed E-state index contributed by atoms with van der Waals surface area (Å²) in [6.45, 7) is 0.551. The SMILES string of the molecule is CCCCCCCC/C=C\CCCCCCCC(=O)OC[C@@H](O)[C@H]1OC[C@H](O)[C@H]1O.OC[C@@H](O)[C@@H](O)[C@H](O)[C@@H](O)CO. The molecule has 12 heteroatoms.